The molecule has 2 aliphatic heterocycles. The van der Waals surface area contributed by atoms with E-state index in [0.29, 0.717) is 23.7 Å². The fourth-order valence-corrected chi connectivity index (χ4v) is 2.05. The molecule has 2 aliphatic rings. The Morgan fingerprint density at radius 2 is 1.52 bits per heavy atom. The standard InChI is InChI=1S/C9H8O4.C7H6O3/c10-5-11-4-7-1-2-8-9(3-7)13-6-12-8;8-5-1-2-6-7(3-5)10-4-9-6/h1-3,5H,4,6H2;1-3,8H,4H2. The molecule has 0 aliphatic carbocycles. The lowest BCUT2D eigenvalue weighted by Gasteiger charge is -2.00. The molecule has 7 heteroatoms. The summed E-state index contributed by atoms with van der Waals surface area (Å²) in [5.74, 6) is 2.93. The van der Waals surface area contributed by atoms with Crippen LogP contribution in [-0.4, -0.2) is 25.2 Å². The van der Waals surface area contributed by atoms with Crippen molar-refractivity contribution in [2.45, 2.75) is 6.61 Å². The Morgan fingerprint density at radius 1 is 0.913 bits per heavy atom. The van der Waals surface area contributed by atoms with Gasteiger partial charge in [0.15, 0.2) is 23.0 Å². The number of carbonyl (C=O) groups excluding carboxylic acids is 1. The number of fused-ring (bicyclic) bond motifs is 2. The highest BCUT2D eigenvalue weighted by atomic mass is 16.7. The lowest BCUT2D eigenvalue weighted by atomic mass is 10.2. The maximum atomic E-state index is 9.93. The number of phenolic OH excluding ortho intramolecular Hbond substituents is 1. The van der Waals surface area contributed by atoms with E-state index in [1.54, 1.807) is 24.3 Å². The van der Waals surface area contributed by atoms with Gasteiger partial charge in [-0.2, -0.15) is 0 Å². The molecular formula is C16H14O7. The minimum absolute atomic E-state index is 0.198. The van der Waals surface area contributed by atoms with Gasteiger partial charge in [-0.3, -0.25) is 4.79 Å². The molecule has 0 saturated carbocycles. The van der Waals surface area contributed by atoms with E-state index in [2.05, 4.69) is 4.74 Å². The summed E-state index contributed by atoms with van der Waals surface area (Å²) in [6.07, 6.45) is 0. The van der Waals surface area contributed by atoms with Crippen LogP contribution >= 0.6 is 0 Å². The number of hydrogen-bond acceptors (Lipinski definition) is 7. The van der Waals surface area contributed by atoms with Crippen molar-refractivity contribution < 1.29 is 33.6 Å². The van der Waals surface area contributed by atoms with Crippen molar-refractivity contribution in [1.29, 1.82) is 0 Å². The summed E-state index contributed by atoms with van der Waals surface area (Å²) < 4.78 is 24.9. The van der Waals surface area contributed by atoms with Crippen LogP contribution in [0.25, 0.3) is 0 Å². The molecule has 7 nitrogen and oxygen atoms in total. The second kappa shape index (κ2) is 6.78. The van der Waals surface area contributed by atoms with Gasteiger partial charge in [-0.1, -0.05) is 6.07 Å². The number of carbonyl (C=O) groups is 1. The summed E-state index contributed by atoms with van der Waals surface area (Å²) in [6, 6.07) is 10.2. The molecule has 4 rings (SSSR count). The zero-order valence-electron chi connectivity index (χ0n) is 12.1. The first kappa shape index (κ1) is 14.8. The molecule has 0 aromatic heterocycles. The van der Waals surface area contributed by atoms with Crippen LogP contribution in [0.5, 0.6) is 28.7 Å². The lowest BCUT2D eigenvalue weighted by Crippen LogP contribution is -1.93. The van der Waals surface area contributed by atoms with Crippen LogP contribution in [0.4, 0.5) is 0 Å². The zero-order valence-corrected chi connectivity index (χ0v) is 12.1. The molecule has 0 saturated heterocycles. The van der Waals surface area contributed by atoms with E-state index in [9.17, 15) is 4.79 Å². The van der Waals surface area contributed by atoms with Crippen molar-refractivity contribution in [1.82, 2.24) is 0 Å². The average molecular weight is 318 g/mol. The van der Waals surface area contributed by atoms with Gasteiger partial charge in [0, 0.05) is 6.07 Å². The van der Waals surface area contributed by atoms with Gasteiger partial charge in [-0.15, -0.1) is 0 Å². The van der Waals surface area contributed by atoms with Gasteiger partial charge in [0.1, 0.15) is 12.4 Å². The molecule has 0 fully saturated rings. The predicted octanol–water partition coefficient (Wildman–Crippen LogP) is 2.21. The first-order chi connectivity index (χ1) is 11.3. The fourth-order valence-electron chi connectivity index (χ4n) is 2.05. The highest BCUT2D eigenvalue weighted by molar-refractivity contribution is 5.46. The number of ether oxygens (including phenoxy) is 5. The van der Waals surface area contributed by atoms with Crippen molar-refractivity contribution in [3.63, 3.8) is 0 Å². The van der Waals surface area contributed by atoms with Crippen molar-refractivity contribution in [3.8, 4) is 28.7 Å². The summed E-state index contributed by atoms with van der Waals surface area (Å²) >= 11 is 0. The third kappa shape index (κ3) is 3.57. The Kier molecular flexibility index (Phi) is 4.37. The second-order valence-electron chi connectivity index (χ2n) is 4.63. The molecule has 0 atom stereocenters. The molecule has 1 N–H and O–H groups in total. The van der Waals surface area contributed by atoms with E-state index in [4.69, 9.17) is 24.1 Å². The van der Waals surface area contributed by atoms with E-state index < -0.39 is 0 Å². The summed E-state index contributed by atoms with van der Waals surface area (Å²) in [4.78, 5) is 9.93. The topological polar surface area (TPSA) is 83.5 Å². The average Bonchev–Trinajstić information content (AvgIpc) is 3.21. The lowest BCUT2D eigenvalue weighted by molar-refractivity contribution is -0.129. The highest BCUT2D eigenvalue weighted by Gasteiger charge is 2.13. The van der Waals surface area contributed by atoms with Crippen LogP contribution in [0.3, 0.4) is 0 Å². The molecule has 0 radical (unpaired) electrons. The fraction of sp³-hybridized carbons (Fsp3) is 0.188. The van der Waals surface area contributed by atoms with Gasteiger partial charge >= 0.3 is 0 Å². The van der Waals surface area contributed by atoms with Crippen molar-refractivity contribution in [3.05, 3.63) is 42.0 Å². The van der Waals surface area contributed by atoms with Crippen LogP contribution in [0, 0.1) is 0 Å². The molecule has 0 unspecified atom stereocenters. The van der Waals surface area contributed by atoms with Gasteiger partial charge in [-0.05, 0) is 29.8 Å². The second-order valence-corrected chi connectivity index (χ2v) is 4.63. The molecule has 2 aromatic rings. The molecule has 0 amide bonds. The third-order valence-corrected chi connectivity index (χ3v) is 3.11. The number of rotatable bonds is 3. The van der Waals surface area contributed by atoms with Gasteiger partial charge in [0.25, 0.3) is 6.47 Å². The normalized spacial score (nSPS) is 13.0. The summed E-state index contributed by atoms with van der Waals surface area (Å²) in [5, 5.41) is 8.96. The maximum Gasteiger partial charge on any atom is 0.293 e. The molecule has 0 spiro atoms. The summed E-state index contributed by atoms with van der Waals surface area (Å²) in [7, 11) is 0. The quantitative estimate of drug-likeness (QED) is 0.869. The Bertz CT molecular complexity index is 699. The van der Waals surface area contributed by atoms with Crippen LogP contribution in [-0.2, 0) is 16.1 Å². The molecule has 0 bridgehead atoms. The largest absolute Gasteiger partial charge is 0.508 e. The Labute approximate surface area is 131 Å². The SMILES string of the molecule is O=COCc1ccc2c(c1)OCO2.Oc1ccc2c(c1)OCO2. The van der Waals surface area contributed by atoms with Crippen LogP contribution in [0.2, 0.25) is 0 Å². The first-order valence-corrected chi connectivity index (χ1v) is 6.78. The summed E-state index contributed by atoms with van der Waals surface area (Å²) in [6.45, 7) is 1.19. The van der Waals surface area contributed by atoms with Crippen LogP contribution in [0.1, 0.15) is 5.56 Å². The van der Waals surface area contributed by atoms with Crippen molar-refractivity contribution in [2.75, 3.05) is 13.6 Å². The Morgan fingerprint density at radius 3 is 2.22 bits per heavy atom. The third-order valence-electron chi connectivity index (χ3n) is 3.11. The molecular weight excluding hydrogens is 304 g/mol. The number of phenols is 1. The van der Waals surface area contributed by atoms with Gasteiger partial charge in [0.05, 0.1) is 0 Å². The van der Waals surface area contributed by atoms with Crippen molar-refractivity contribution >= 4 is 6.47 Å². The van der Waals surface area contributed by atoms with Gasteiger partial charge in [0.2, 0.25) is 13.6 Å². The first-order valence-electron chi connectivity index (χ1n) is 6.78. The smallest absolute Gasteiger partial charge is 0.293 e. The van der Waals surface area contributed by atoms with Gasteiger partial charge in [-0.25, -0.2) is 0 Å². The molecule has 2 heterocycles. The zero-order chi connectivity index (χ0) is 16.1. The number of hydrogen-bond donors (Lipinski definition) is 1. The van der Waals surface area contributed by atoms with E-state index in [1.165, 1.54) is 6.07 Å². The van der Waals surface area contributed by atoms with Crippen molar-refractivity contribution in [2.24, 2.45) is 0 Å². The monoisotopic (exact) mass is 318 g/mol. The molecule has 23 heavy (non-hydrogen) atoms. The minimum atomic E-state index is 0.198. The minimum Gasteiger partial charge on any atom is -0.508 e. The van der Waals surface area contributed by atoms with Crippen LogP contribution < -0.4 is 18.9 Å². The molecule has 120 valence electrons. The summed E-state index contributed by atoms with van der Waals surface area (Å²) in [5.41, 5.74) is 0.886. The predicted molar refractivity (Wildman–Crippen MR) is 77.6 cm³/mol. The van der Waals surface area contributed by atoms with E-state index in [1.807, 2.05) is 6.07 Å². The maximum absolute atomic E-state index is 9.93. The van der Waals surface area contributed by atoms with E-state index in [0.717, 1.165) is 11.3 Å². The molecule has 2 aromatic carbocycles. The van der Waals surface area contributed by atoms with Gasteiger partial charge < -0.3 is 28.8 Å². The Hall–Kier alpha value is -3.09. The van der Waals surface area contributed by atoms with E-state index >= 15 is 0 Å². The highest BCUT2D eigenvalue weighted by Crippen LogP contribution is 2.34. The number of benzene rings is 2. The van der Waals surface area contributed by atoms with Crippen LogP contribution in [0.15, 0.2) is 36.4 Å². The number of aromatic hydroxyl groups is 1. The van der Waals surface area contributed by atoms with E-state index in [-0.39, 0.29) is 25.9 Å². The Balaban J connectivity index is 0.000000140.